The molecule has 0 heterocycles. The number of rotatable bonds is 5. The maximum Gasteiger partial charge on any atom is 0.471 e. The Morgan fingerprint density at radius 1 is 1.20 bits per heavy atom. The summed E-state index contributed by atoms with van der Waals surface area (Å²) in [6.45, 7) is 7.88. The van der Waals surface area contributed by atoms with Crippen molar-refractivity contribution in [3.8, 4) is 0 Å². The molecule has 0 bridgehead atoms. The van der Waals surface area contributed by atoms with Crippen LogP contribution in [-0.2, 0) is 9.59 Å². The summed E-state index contributed by atoms with van der Waals surface area (Å²) in [7, 11) is 0. The van der Waals surface area contributed by atoms with Crippen molar-refractivity contribution in [3.63, 3.8) is 0 Å². The molecule has 0 aliphatic rings. The van der Waals surface area contributed by atoms with Crippen LogP contribution >= 0.6 is 0 Å². The van der Waals surface area contributed by atoms with Gasteiger partial charge in [-0.15, -0.1) is 0 Å². The highest BCUT2D eigenvalue weighted by molar-refractivity contribution is 5.89. The number of carbonyl (C=O) groups excluding carboxylic acids is 2. The Hall–Kier alpha value is -1.40. The molecule has 0 aromatic heterocycles. The molecule has 0 aliphatic heterocycles. The van der Waals surface area contributed by atoms with Crippen LogP contribution in [0.4, 0.5) is 13.2 Å². The van der Waals surface area contributed by atoms with Crippen LogP contribution in [0.15, 0.2) is 4.99 Å². The van der Waals surface area contributed by atoms with E-state index in [0.717, 1.165) is 0 Å². The van der Waals surface area contributed by atoms with Crippen LogP contribution in [0.3, 0.4) is 0 Å². The second-order valence-electron chi connectivity index (χ2n) is 5.62. The van der Waals surface area contributed by atoms with Crippen molar-refractivity contribution in [1.82, 2.24) is 5.32 Å². The number of hydrogen-bond donors (Lipinski definition) is 1. The number of aliphatic imine (C=N–C) groups is 1. The van der Waals surface area contributed by atoms with Crippen LogP contribution < -0.4 is 5.32 Å². The molecule has 4 nitrogen and oxygen atoms in total. The minimum Gasteiger partial charge on any atom is -0.343 e. The number of nitrogens with one attached hydrogen (secondary N) is 1. The van der Waals surface area contributed by atoms with Gasteiger partial charge >= 0.3 is 12.1 Å². The van der Waals surface area contributed by atoms with Gasteiger partial charge in [0.1, 0.15) is 0 Å². The Bertz CT molecular complexity index is 403. The topological polar surface area (TPSA) is 58.5 Å². The second kappa shape index (κ2) is 6.37. The molecule has 0 rings (SSSR count). The zero-order chi connectivity index (χ0) is 16.2. The number of halogens is 3. The Morgan fingerprint density at radius 2 is 1.70 bits per heavy atom. The van der Waals surface area contributed by atoms with E-state index in [9.17, 15) is 22.8 Å². The number of amides is 2. The Morgan fingerprint density at radius 3 is 2.05 bits per heavy atom. The van der Waals surface area contributed by atoms with Crippen LogP contribution in [0.2, 0.25) is 0 Å². The second-order valence-corrected chi connectivity index (χ2v) is 5.62. The van der Waals surface area contributed by atoms with E-state index in [1.165, 1.54) is 20.1 Å². The lowest BCUT2D eigenvalue weighted by atomic mass is 9.76. The minimum absolute atomic E-state index is 0.0640. The Balaban J connectivity index is 5.05. The molecule has 1 unspecified atom stereocenters. The first-order chi connectivity index (χ1) is 8.88. The fraction of sp³-hybridized carbons (Fsp3) is 0.769. The van der Waals surface area contributed by atoms with Gasteiger partial charge in [-0.3, -0.25) is 9.59 Å². The molecule has 0 spiro atoms. The molecule has 116 valence electrons. The van der Waals surface area contributed by atoms with Crippen molar-refractivity contribution in [2.45, 2.75) is 59.2 Å². The van der Waals surface area contributed by atoms with E-state index >= 15 is 0 Å². The van der Waals surface area contributed by atoms with Gasteiger partial charge in [0, 0.05) is 11.8 Å². The van der Waals surface area contributed by atoms with Gasteiger partial charge < -0.3 is 5.32 Å². The maximum atomic E-state index is 12.3. The average molecular weight is 294 g/mol. The monoisotopic (exact) mass is 294 g/mol. The number of carbonyl (C=O) groups is 2. The molecule has 1 atom stereocenters. The van der Waals surface area contributed by atoms with Gasteiger partial charge in [0.25, 0.3) is 5.91 Å². The third-order valence-electron chi connectivity index (χ3n) is 3.08. The Kier molecular flexibility index (Phi) is 5.92. The molecule has 20 heavy (non-hydrogen) atoms. The normalized spacial score (nSPS) is 16.0. The van der Waals surface area contributed by atoms with E-state index in [4.69, 9.17) is 0 Å². The third-order valence-corrected chi connectivity index (χ3v) is 3.08. The van der Waals surface area contributed by atoms with Gasteiger partial charge in [0.15, 0.2) is 0 Å². The SMILES string of the molecule is CC=NC(=O)C(C)(CC)CC(C)(C)NC(=O)C(F)(F)F. The van der Waals surface area contributed by atoms with E-state index in [2.05, 4.69) is 4.99 Å². The molecule has 2 amide bonds. The van der Waals surface area contributed by atoms with Crippen molar-refractivity contribution in [3.05, 3.63) is 0 Å². The van der Waals surface area contributed by atoms with Crippen molar-refractivity contribution in [1.29, 1.82) is 0 Å². The first kappa shape index (κ1) is 18.6. The van der Waals surface area contributed by atoms with Crippen molar-refractivity contribution < 1.29 is 22.8 Å². The van der Waals surface area contributed by atoms with Gasteiger partial charge in [-0.1, -0.05) is 13.8 Å². The standard InChI is InChI=1S/C13H21F3N2O2/c1-6-12(5,9(19)17-7-2)8-11(3,4)18-10(20)13(14,15)16/h7H,6,8H2,1-5H3,(H,18,20). The quantitative estimate of drug-likeness (QED) is 0.793. The summed E-state index contributed by atoms with van der Waals surface area (Å²) in [4.78, 5) is 26.6. The zero-order valence-corrected chi connectivity index (χ0v) is 12.4. The molecule has 0 radical (unpaired) electrons. The minimum atomic E-state index is -4.94. The van der Waals surface area contributed by atoms with Gasteiger partial charge in [-0.2, -0.15) is 13.2 Å². The molecule has 0 aliphatic carbocycles. The van der Waals surface area contributed by atoms with Gasteiger partial charge in [0.2, 0.25) is 0 Å². The molecule has 0 fully saturated rings. The molecule has 0 saturated carbocycles. The van der Waals surface area contributed by atoms with E-state index < -0.39 is 28.9 Å². The van der Waals surface area contributed by atoms with Crippen molar-refractivity contribution in [2.24, 2.45) is 10.4 Å². The van der Waals surface area contributed by atoms with E-state index in [1.807, 2.05) is 5.32 Å². The number of alkyl halides is 3. The molecule has 0 saturated heterocycles. The van der Waals surface area contributed by atoms with Gasteiger partial charge in [-0.05, 0) is 33.6 Å². The molecular weight excluding hydrogens is 273 g/mol. The summed E-state index contributed by atoms with van der Waals surface area (Å²) in [6, 6.07) is 0. The van der Waals surface area contributed by atoms with E-state index in [1.54, 1.807) is 20.8 Å². The van der Waals surface area contributed by atoms with Crippen molar-refractivity contribution in [2.75, 3.05) is 0 Å². The lowest BCUT2D eigenvalue weighted by Gasteiger charge is -2.35. The maximum absolute atomic E-state index is 12.3. The van der Waals surface area contributed by atoms with Crippen molar-refractivity contribution >= 4 is 18.0 Å². The van der Waals surface area contributed by atoms with Crippen LogP contribution in [0.25, 0.3) is 0 Å². The fourth-order valence-electron chi connectivity index (χ4n) is 2.02. The fourth-order valence-corrected chi connectivity index (χ4v) is 2.02. The summed E-state index contributed by atoms with van der Waals surface area (Å²) in [5, 5.41) is 1.92. The molecule has 0 aromatic carbocycles. The zero-order valence-electron chi connectivity index (χ0n) is 12.4. The predicted octanol–water partition coefficient (Wildman–Crippen LogP) is 2.87. The molecular formula is C13H21F3N2O2. The highest BCUT2D eigenvalue weighted by Gasteiger charge is 2.44. The number of nitrogens with zero attached hydrogens (tertiary/aromatic N) is 1. The van der Waals surface area contributed by atoms with E-state index in [0.29, 0.717) is 6.42 Å². The molecule has 1 N–H and O–H groups in total. The van der Waals surface area contributed by atoms with Crippen LogP contribution in [-0.4, -0.2) is 29.7 Å². The average Bonchev–Trinajstić information content (AvgIpc) is 2.26. The summed E-state index contributed by atoms with van der Waals surface area (Å²) in [5.41, 5.74) is -2.09. The smallest absolute Gasteiger partial charge is 0.343 e. The van der Waals surface area contributed by atoms with Crippen LogP contribution in [0, 0.1) is 5.41 Å². The predicted molar refractivity (Wildman–Crippen MR) is 70.5 cm³/mol. The summed E-state index contributed by atoms with van der Waals surface area (Å²) >= 11 is 0. The lowest BCUT2D eigenvalue weighted by Crippen LogP contribution is -2.52. The highest BCUT2D eigenvalue weighted by atomic mass is 19.4. The first-order valence-electron chi connectivity index (χ1n) is 6.30. The molecule has 7 heteroatoms. The van der Waals surface area contributed by atoms with Crippen LogP contribution in [0.5, 0.6) is 0 Å². The largest absolute Gasteiger partial charge is 0.471 e. The Labute approximate surface area is 116 Å². The van der Waals surface area contributed by atoms with Gasteiger partial charge in [-0.25, -0.2) is 4.99 Å². The molecule has 0 aromatic rings. The first-order valence-corrected chi connectivity index (χ1v) is 6.30. The van der Waals surface area contributed by atoms with Gasteiger partial charge in [0.05, 0.1) is 5.41 Å². The highest BCUT2D eigenvalue weighted by Crippen LogP contribution is 2.33. The third kappa shape index (κ3) is 5.30. The lowest BCUT2D eigenvalue weighted by molar-refractivity contribution is -0.175. The summed E-state index contributed by atoms with van der Waals surface area (Å²) in [5.74, 6) is -2.41. The summed E-state index contributed by atoms with van der Waals surface area (Å²) in [6.07, 6.45) is -3.12. The summed E-state index contributed by atoms with van der Waals surface area (Å²) < 4.78 is 36.8. The van der Waals surface area contributed by atoms with E-state index in [-0.39, 0.29) is 6.42 Å². The van der Waals surface area contributed by atoms with Crippen LogP contribution in [0.1, 0.15) is 47.5 Å². The number of hydrogen-bond acceptors (Lipinski definition) is 2.